The smallest absolute Gasteiger partial charge is 0.160 e. The van der Waals surface area contributed by atoms with E-state index in [4.69, 9.17) is 11.6 Å². The van der Waals surface area contributed by atoms with Gasteiger partial charge in [-0.25, -0.2) is 13.8 Å². The third-order valence-corrected chi connectivity index (χ3v) is 3.04. The van der Waals surface area contributed by atoms with Crippen molar-refractivity contribution in [2.24, 2.45) is 7.05 Å². The normalized spacial score (nSPS) is 11.4. The summed E-state index contributed by atoms with van der Waals surface area (Å²) in [4.78, 5) is 4.10. The fourth-order valence-electron chi connectivity index (χ4n) is 2.02. The molecule has 0 saturated carbocycles. The summed E-state index contributed by atoms with van der Waals surface area (Å²) in [5.41, 5.74) is 0.398. The molecule has 0 radical (unpaired) electrons. The van der Waals surface area contributed by atoms with Crippen LogP contribution in [0.1, 0.15) is 5.82 Å². The van der Waals surface area contributed by atoms with Crippen LogP contribution in [0, 0.1) is 11.6 Å². The fourth-order valence-corrected chi connectivity index (χ4v) is 2.20. The molecule has 0 bridgehead atoms. The van der Waals surface area contributed by atoms with Gasteiger partial charge in [0.25, 0.3) is 0 Å². The minimum atomic E-state index is -0.712. The van der Waals surface area contributed by atoms with Crippen molar-refractivity contribution >= 4 is 22.6 Å². The minimum Gasteiger partial charge on any atom is -0.278 e. The Morgan fingerprint density at radius 1 is 1.32 bits per heavy atom. The number of hydrogen-bond acceptors (Lipinski definition) is 2. The average Bonchev–Trinajstić information content (AvgIpc) is 2.92. The molecule has 0 spiro atoms. The van der Waals surface area contributed by atoms with Crippen LogP contribution in [0.4, 0.5) is 8.78 Å². The maximum absolute atomic E-state index is 13.7. The lowest BCUT2D eigenvalue weighted by Crippen LogP contribution is -2.01. The SMILES string of the molecule is Cn1ccc(-n2c(CCl)nc3c(F)cc(F)cc32)n1. The number of halogens is 3. The largest absolute Gasteiger partial charge is 0.278 e. The van der Waals surface area contributed by atoms with E-state index < -0.39 is 11.6 Å². The van der Waals surface area contributed by atoms with Crippen LogP contribution in [0.15, 0.2) is 24.4 Å². The van der Waals surface area contributed by atoms with Crippen LogP contribution in [-0.4, -0.2) is 19.3 Å². The lowest BCUT2D eigenvalue weighted by atomic mass is 10.3. The number of aromatic nitrogens is 4. The van der Waals surface area contributed by atoms with Crippen LogP contribution in [0.2, 0.25) is 0 Å². The lowest BCUT2D eigenvalue weighted by Gasteiger charge is -2.03. The van der Waals surface area contributed by atoms with Crippen molar-refractivity contribution in [3.63, 3.8) is 0 Å². The summed E-state index contributed by atoms with van der Waals surface area (Å²) in [5, 5.41) is 4.21. The molecule has 98 valence electrons. The Bertz CT molecular complexity index is 763. The number of rotatable bonds is 2. The summed E-state index contributed by atoms with van der Waals surface area (Å²) in [6.07, 6.45) is 1.73. The van der Waals surface area contributed by atoms with E-state index in [2.05, 4.69) is 10.1 Å². The number of imidazole rings is 1. The standard InChI is InChI=1S/C12H9ClF2N4/c1-18-3-2-10(17-18)19-9-5-7(14)4-8(15)12(9)16-11(19)6-13/h2-5H,6H2,1H3. The van der Waals surface area contributed by atoms with Crippen LogP contribution in [0.5, 0.6) is 0 Å². The Kier molecular flexibility index (Phi) is 2.74. The third-order valence-electron chi connectivity index (χ3n) is 2.80. The molecule has 0 aliphatic carbocycles. The first kappa shape index (κ1) is 12.1. The fraction of sp³-hybridized carbons (Fsp3) is 0.167. The first-order valence-electron chi connectivity index (χ1n) is 5.52. The summed E-state index contributed by atoms with van der Waals surface area (Å²) in [5.74, 6) is -0.364. The van der Waals surface area contributed by atoms with Gasteiger partial charge in [-0.2, -0.15) is 5.10 Å². The van der Waals surface area contributed by atoms with E-state index >= 15 is 0 Å². The van der Waals surface area contributed by atoms with E-state index in [0.717, 1.165) is 6.07 Å². The molecule has 7 heteroatoms. The van der Waals surface area contributed by atoms with E-state index in [1.807, 2.05) is 0 Å². The highest BCUT2D eigenvalue weighted by atomic mass is 35.5. The van der Waals surface area contributed by atoms with Crippen molar-refractivity contribution in [3.05, 3.63) is 41.9 Å². The first-order valence-corrected chi connectivity index (χ1v) is 6.06. The number of alkyl halides is 1. The molecule has 19 heavy (non-hydrogen) atoms. The molecule has 0 unspecified atom stereocenters. The Labute approximate surface area is 112 Å². The Morgan fingerprint density at radius 3 is 2.74 bits per heavy atom. The van der Waals surface area contributed by atoms with E-state index in [1.165, 1.54) is 6.07 Å². The summed E-state index contributed by atoms with van der Waals surface area (Å²) in [6, 6.07) is 3.74. The molecule has 0 N–H and O–H groups in total. The Balaban J connectivity index is 2.38. The molecule has 0 fully saturated rings. The van der Waals surface area contributed by atoms with E-state index in [0.29, 0.717) is 17.2 Å². The first-order chi connectivity index (χ1) is 9.10. The predicted octanol–water partition coefficient (Wildman–Crippen LogP) is 2.78. The van der Waals surface area contributed by atoms with Crippen LogP contribution in [-0.2, 0) is 12.9 Å². The van der Waals surface area contributed by atoms with Gasteiger partial charge in [-0.3, -0.25) is 9.25 Å². The van der Waals surface area contributed by atoms with Gasteiger partial charge >= 0.3 is 0 Å². The van der Waals surface area contributed by atoms with Gasteiger partial charge < -0.3 is 0 Å². The van der Waals surface area contributed by atoms with Crippen molar-refractivity contribution in [2.75, 3.05) is 0 Å². The van der Waals surface area contributed by atoms with Gasteiger partial charge in [-0.1, -0.05) is 0 Å². The molecule has 2 heterocycles. The van der Waals surface area contributed by atoms with Crippen molar-refractivity contribution in [1.82, 2.24) is 19.3 Å². The molecule has 0 aliphatic rings. The maximum Gasteiger partial charge on any atom is 0.160 e. The molecule has 0 atom stereocenters. The Hall–Kier alpha value is -1.95. The summed E-state index contributed by atoms with van der Waals surface area (Å²) in [6.45, 7) is 0. The van der Waals surface area contributed by atoms with Crippen LogP contribution in [0.3, 0.4) is 0 Å². The molecule has 3 aromatic rings. The van der Waals surface area contributed by atoms with Crippen molar-refractivity contribution in [1.29, 1.82) is 0 Å². The van der Waals surface area contributed by atoms with Crippen LogP contribution < -0.4 is 0 Å². The number of nitrogens with zero attached hydrogens (tertiary/aromatic N) is 4. The quantitative estimate of drug-likeness (QED) is 0.678. The number of hydrogen-bond donors (Lipinski definition) is 0. The molecule has 3 rings (SSSR count). The summed E-state index contributed by atoms with van der Waals surface area (Å²) in [7, 11) is 1.75. The molecule has 4 nitrogen and oxygen atoms in total. The molecule has 0 amide bonds. The summed E-state index contributed by atoms with van der Waals surface area (Å²) >= 11 is 5.82. The highest BCUT2D eigenvalue weighted by molar-refractivity contribution is 6.17. The highest BCUT2D eigenvalue weighted by Crippen LogP contribution is 2.24. The zero-order valence-corrected chi connectivity index (χ0v) is 10.7. The van der Waals surface area contributed by atoms with E-state index in [1.54, 1.807) is 28.6 Å². The second-order valence-electron chi connectivity index (χ2n) is 4.10. The zero-order valence-electron chi connectivity index (χ0n) is 9.94. The second-order valence-corrected chi connectivity index (χ2v) is 4.37. The molecule has 0 aliphatic heterocycles. The predicted molar refractivity (Wildman–Crippen MR) is 67.3 cm³/mol. The van der Waals surface area contributed by atoms with Crippen molar-refractivity contribution in [3.8, 4) is 5.82 Å². The second kappa shape index (κ2) is 4.31. The molecule has 0 saturated heterocycles. The molecule has 1 aromatic carbocycles. The number of aryl methyl sites for hydroxylation is 1. The Morgan fingerprint density at radius 2 is 2.11 bits per heavy atom. The van der Waals surface area contributed by atoms with Crippen LogP contribution in [0.25, 0.3) is 16.9 Å². The maximum atomic E-state index is 13.7. The van der Waals surface area contributed by atoms with Gasteiger partial charge in [0.15, 0.2) is 11.6 Å². The van der Waals surface area contributed by atoms with Gasteiger partial charge in [0.2, 0.25) is 0 Å². The summed E-state index contributed by atoms with van der Waals surface area (Å²) < 4.78 is 30.2. The van der Waals surface area contributed by atoms with Gasteiger partial charge in [0.1, 0.15) is 17.2 Å². The zero-order chi connectivity index (χ0) is 13.6. The molecular weight excluding hydrogens is 274 g/mol. The number of fused-ring (bicyclic) bond motifs is 1. The third kappa shape index (κ3) is 1.88. The highest BCUT2D eigenvalue weighted by Gasteiger charge is 2.17. The topological polar surface area (TPSA) is 35.6 Å². The van der Waals surface area contributed by atoms with Crippen molar-refractivity contribution < 1.29 is 8.78 Å². The monoisotopic (exact) mass is 282 g/mol. The van der Waals surface area contributed by atoms with E-state index in [9.17, 15) is 8.78 Å². The average molecular weight is 283 g/mol. The lowest BCUT2D eigenvalue weighted by molar-refractivity contribution is 0.590. The minimum absolute atomic E-state index is 0.0757. The van der Waals surface area contributed by atoms with Crippen LogP contribution >= 0.6 is 11.6 Å². The van der Waals surface area contributed by atoms with Gasteiger partial charge in [-0.05, 0) is 0 Å². The number of benzene rings is 1. The molecular formula is C12H9ClF2N4. The van der Waals surface area contributed by atoms with E-state index in [-0.39, 0.29) is 11.4 Å². The molecule has 2 aromatic heterocycles. The van der Waals surface area contributed by atoms with Gasteiger partial charge in [-0.15, -0.1) is 11.6 Å². The van der Waals surface area contributed by atoms with Gasteiger partial charge in [0, 0.05) is 31.4 Å². The van der Waals surface area contributed by atoms with Crippen molar-refractivity contribution in [2.45, 2.75) is 5.88 Å². The van der Waals surface area contributed by atoms with Gasteiger partial charge in [0.05, 0.1) is 11.4 Å².